The molecule has 0 saturated heterocycles. The zero-order valence-electron chi connectivity index (χ0n) is 10.1. The lowest BCUT2D eigenvalue weighted by Gasteiger charge is -2.11. The largest absolute Gasteiger partial charge is 0.483 e. The van der Waals surface area contributed by atoms with Crippen LogP contribution in [0.1, 0.15) is 18.9 Å². The SMILES string of the molecule is CCC(N)Cc1cc(F)c(OCC=CCl)c(F)c1. The monoisotopic (exact) mass is 275 g/mol. The van der Waals surface area contributed by atoms with Gasteiger partial charge in [0.1, 0.15) is 6.61 Å². The van der Waals surface area contributed by atoms with Crippen molar-refractivity contribution in [3.05, 3.63) is 40.9 Å². The van der Waals surface area contributed by atoms with Crippen molar-refractivity contribution in [3.63, 3.8) is 0 Å². The van der Waals surface area contributed by atoms with Crippen LogP contribution in [-0.2, 0) is 6.42 Å². The number of hydrogen-bond donors (Lipinski definition) is 1. The van der Waals surface area contributed by atoms with Crippen molar-refractivity contribution in [2.45, 2.75) is 25.8 Å². The molecule has 0 fully saturated rings. The van der Waals surface area contributed by atoms with Crippen LogP contribution in [0.2, 0.25) is 0 Å². The van der Waals surface area contributed by atoms with E-state index < -0.39 is 17.4 Å². The second-order valence-corrected chi connectivity index (χ2v) is 4.19. The van der Waals surface area contributed by atoms with Gasteiger partial charge in [-0.25, -0.2) is 8.78 Å². The highest BCUT2D eigenvalue weighted by Gasteiger charge is 2.13. The molecule has 0 spiro atoms. The van der Waals surface area contributed by atoms with E-state index in [2.05, 4.69) is 0 Å². The smallest absolute Gasteiger partial charge is 0.191 e. The minimum absolute atomic E-state index is 0.0190. The number of ether oxygens (including phenoxy) is 1. The van der Waals surface area contributed by atoms with Gasteiger partial charge in [-0.1, -0.05) is 18.5 Å². The normalized spacial score (nSPS) is 12.9. The van der Waals surface area contributed by atoms with Gasteiger partial charge in [0.05, 0.1) is 0 Å². The number of nitrogens with two attached hydrogens (primary N) is 1. The van der Waals surface area contributed by atoms with Gasteiger partial charge in [0, 0.05) is 11.6 Å². The molecule has 0 radical (unpaired) electrons. The average molecular weight is 276 g/mol. The van der Waals surface area contributed by atoms with Crippen molar-refractivity contribution < 1.29 is 13.5 Å². The molecule has 2 nitrogen and oxygen atoms in total. The highest BCUT2D eigenvalue weighted by molar-refractivity contribution is 6.25. The molecular formula is C13H16ClF2NO. The summed E-state index contributed by atoms with van der Waals surface area (Å²) in [6.07, 6.45) is 2.63. The molecule has 5 heteroatoms. The van der Waals surface area contributed by atoms with E-state index in [1.807, 2.05) is 6.92 Å². The van der Waals surface area contributed by atoms with E-state index in [1.165, 1.54) is 23.7 Å². The second kappa shape index (κ2) is 7.34. The van der Waals surface area contributed by atoms with Crippen LogP contribution in [0.25, 0.3) is 0 Å². The molecule has 1 rings (SSSR count). The highest BCUT2D eigenvalue weighted by Crippen LogP contribution is 2.24. The third kappa shape index (κ3) is 4.27. The Labute approximate surface area is 110 Å². The Morgan fingerprint density at radius 2 is 2.00 bits per heavy atom. The van der Waals surface area contributed by atoms with Crippen molar-refractivity contribution >= 4 is 11.6 Å². The lowest BCUT2D eigenvalue weighted by atomic mass is 10.0. The topological polar surface area (TPSA) is 35.2 Å². The van der Waals surface area contributed by atoms with Crippen LogP contribution in [0.5, 0.6) is 5.75 Å². The lowest BCUT2D eigenvalue weighted by Crippen LogP contribution is -2.21. The molecule has 0 heterocycles. The third-order valence-corrected chi connectivity index (χ3v) is 2.67. The summed E-state index contributed by atoms with van der Waals surface area (Å²) < 4.78 is 32.2. The fraction of sp³-hybridized carbons (Fsp3) is 0.385. The fourth-order valence-corrected chi connectivity index (χ4v) is 1.56. The predicted molar refractivity (Wildman–Crippen MR) is 68.8 cm³/mol. The summed E-state index contributed by atoms with van der Waals surface area (Å²) in [5.41, 5.74) is 7.50. The van der Waals surface area contributed by atoms with Crippen molar-refractivity contribution in [1.29, 1.82) is 0 Å². The molecular weight excluding hydrogens is 260 g/mol. The number of halogens is 3. The predicted octanol–water partition coefficient (Wildman–Crippen LogP) is 3.38. The summed E-state index contributed by atoms with van der Waals surface area (Å²) in [7, 11) is 0. The van der Waals surface area contributed by atoms with Crippen LogP contribution in [0, 0.1) is 11.6 Å². The first-order valence-corrected chi connectivity index (χ1v) is 6.13. The summed E-state index contributed by atoms with van der Waals surface area (Å²) in [5, 5.41) is 0. The van der Waals surface area contributed by atoms with Gasteiger partial charge in [-0.2, -0.15) is 0 Å². The number of benzene rings is 1. The van der Waals surface area contributed by atoms with Crippen molar-refractivity contribution in [1.82, 2.24) is 0 Å². The Morgan fingerprint density at radius 3 is 2.50 bits per heavy atom. The van der Waals surface area contributed by atoms with Gasteiger partial charge in [0.2, 0.25) is 0 Å². The molecule has 0 saturated carbocycles. The molecule has 0 aliphatic heterocycles. The van der Waals surface area contributed by atoms with Gasteiger partial charge < -0.3 is 10.5 Å². The molecule has 1 atom stereocenters. The summed E-state index contributed by atoms with van der Waals surface area (Å²) in [4.78, 5) is 0. The van der Waals surface area contributed by atoms with Gasteiger partial charge in [0.15, 0.2) is 17.4 Å². The van der Waals surface area contributed by atoms with Gasteiger partial charge in [-0.3, -0.25) is 0 Å². The van der Waals surface area contributed by atoms with Crippen LogP contribution in [0.3, 0.4) is 0 Å². The molecule has 1 aromatic rings. The first kappa shape index (κ1) is 14.9. The van der Waals surface area contributed by atoms with Gasteiger partial charge in [-0.15, -0.1) is 0 Å². The van der Waals surface area contributed by atoms with Gasteiger partial charge in [0.25, 0.3) is 0 Å². The standard InChI is InChI=1S/C13H16ClF2NO/c1-2-10(17)6-9-7-11(15)13(12(16)8-9)18-5-3-4-14/h3-4,7-8,10H,2,5-6,17H2,1H3. The molecule has 0 bridgehead atoms. The van der Waals surface area contributed by atoms with E-state index in [9.17, 15) is 8.78 Å². The van der Waals surface area contributed by atoms with E-state index in [4.69, 9.17) is 22.1 Å². The molecule has 0 aromatic heterocycles. The Morgan fingerprint density at radius 1 is 1.39 bits per heavy atom. The molecule has 18 heavy (non-hydrogen) atoms. The van der Waals surface area contributed by atoms with Crippen LogP contribution >= 0.6 is 11.6 Å². The summed E-state index contributed by atoms with van der Waals surface area (Å²) in [6, 6.07) is 2.39. The van der Waals surface area contributed by atoms with E-state index in [1.54, 1.807) is 0 Å². The molecule has 1 unspecified atom stereocenters. The maximum atomic E-state index is 13.6. The summed E-state index contributed by atoms with van der Waals surface area (Å²) >= 11 is 5.28. The lowest BCUT2D eigenvalue weighted by molar-refractivity contribution is 0.320. The number of rotatable bonds is 6. The molecule has 2 N–H and O–H groups in total. The first-order valence-electron chi connectivity index (χ1n) is 5.70. The Balaban J connectivity index is 2.83. The van der Waals surface area contributed by atoms with Gasteiger partial charge in [-0.05, 0) is 36.6 Å². The van der Waals surface area contributed by atoms with Gasteiger partial charge >= 0.3 is 0 Å². The van der Waals surface area contributed by atoms with Crippen LogP contribution < -0.4 is 10.5 Å². The maximum absolute atomic E-state index is 13.6. The van der Waals surface area contributed by atoms with Crippen LogP contribution in [-0.4, -0.2) is 12.6 Å². The highest BCUT2D eigenvalue weighted by atomic mass is 35.5. The van der Waals surface area contributed by atoms with E-state index >= 15 is 0 Å². The summed E-state index contributed by atoms with van der Waals surface area (Å²) in [5.74, 6) is -1.84. The van der Waals surface area contributed by atoms with Crippen LogP contribution in [0.4, 0.5) is 8.78 Å². The number of hydrogen-bond acceptors (Lipinski definition) is 2. The first-order chi connectivity index (χ1) is 8.58. The van der Waals surface area contributed by atoms with Crippen molar-refractivity contribution in [3.8, 4) is 5.75 Å². The molecule has 100 valence electrons. The van der Waals surface area contributed by atoms with E-state index in [-0.39, 0.29) is 12.6 Å². The average Bonchev–Trinajstić information content (AvgIpc) is 2.32. The van der Waals surface area contributed by atoms with E-state index in [0.29, 0.717) is 12.0 Å². The fourth-order valence-electron chi connectivity index (χ4n) is 1.48. The Bertz CT molecular complexity index is 400. The maximum Gasteiger partial charge on any atom is 0.191 e. The zero-order valence-corrected chi connectivity index (χ0v) is 10.9. The zero-order chi connectivity index (χ0) is 13.5. The third-order valence-electron chi connectivity index (χ3n) is 2.49. The molecule has 0 amide bonds. The second-order valence-electron chi connectivity index (χ2n) is 3.93. The quantitative estimate of drug-likeness (QED) is 0.864. The minimum atomic E-state index is -0.726. The summed E-state index contributed by atoms with van der Waals surface area (Å²) in [6.45, 7) is 1.94. The molecule has 1 aromatic carbocycles. The van der Waals surface area contributed by atoms with Crippen molar-refractivity contribution in [2.24, 2.45) is 5.73 Å². The van der Waals surface area contributed by atoms with Crippen molar-refractivity contribution in [2.75, 3.05) is 6.61 Å². The minimum Gasteiger partial charge on any atom is -0.483 e. The van der Waals surface area contributed by atoms with Crippen LogP contribution in [0.15, 0.2) is 23.7 Å². The molecule has 0 aliphatic rings. The Hall–Kier alpha value is -1.13. The van der Waals surface area contributed by atoms with E-state index in [0.717, 1.165) is 6.42 Å². The molecule has 0 aliphatic carbocycles. The Kier molecular flexibility index (Phi) is 6.09.